The Hall–Kier alpha value is -2.99. The van der Waals surface area contributed by atoms with E-state index in [1.54, 1.807) is 18.2 Å². The van der Waals surface area contributed by atoms with Crippen molar-refractivity contribution in [1.29, 1.82) is 0 Å². The van der Waals surface area contributed by atoms with Gasteiger partial charge in [-0.25, -0.2) is 4.79 Å². The number of rotatable bonds is 5. The SMILES string of the molecule is CN(C)CCc1c[nH]c2cccc(OC(=O)c3ccc4c(c3)OCO4)c12. The molecular formula is C20H20N2O4. The number of nitrogens with zero attached hydrogens (tertiary/aromatic N) is 1. The predicted octanol–water partition coefficient (Wildman–Crippen LogP) is 3.22. The number of H-pyrrole nitrogens is 1. The summed E-state index contributed by atoms with van der Waals surface area (Å²) < 4.78 is 16.3. The zero-order valence-corrected chi connectivity index (χ0v) is 14.7. The number of carbonyl (C=O) groups excluding carboxylic acids is 1. The van der Waals surface area contributed by atoms with Crippen LogP contribution in [0.4, 0.5) is 0 Å². The average Bonchev–Trinajstić information content (AvgIpc) is 3.26. The molecule has 0 bridgehead atoms. The maximum Gasteiger partial charge on any atom is 0.343 e. The highest BCUT2D eigenvalue weighted by Gasteiger charge is 2.19. The van der Waals surface area contributed by atoms with Crippen LogP contribution >= 0.6 is 0 Å². The summed E-state index contributed by atoms with van der Waals surface area (Å²) in [5.41, 5.74) is 2.51. The van der Waals surface area contributed by atoms with Crippen LogP contribution in [0.15, 0.2) is 42.6 Å². The summed E-state index contributed by atoms with van der Waals surface area (Å²) in [5, 5.41) is 0.948. The van der Waals surface area contributed by atoms with Gasteiger partial charge in [-0.3, -0.25) is 0 Å². The van der Waals surface area contributed by atoms with E-state index < -0.39 is 5.97 Å². The first-order valence-electron chi connectivity index (χ1n) is 8.47. The van der Waals surface area contributed by atoms with Crippen LogP contribution in [0.2, 0.25) is 0 Å². The molecule has 0 saturated carbocycles. The molecule has 2 aromatic carbocycles. The lowest BCUT2D eigenvalue weighted by molar-refractivity contribution is 0.0736. The highest BCUT2D eigenvalue weighted by molar-refractivity contribution is 5.96. The van der Waals surface area contributed by atoms with Crippen LogP contribution < -0.4 is 14.2 Å². The van der Waals surface area contributed by atoms with Gasteiger partial charge in [0.2, 0.25) is 6.79 Å². The second-order valence-electron chi connectivity index (χ2n) is 6.50. The number of ether oxygens (including phenoxy) is 3. The van der Waals surface area contributed by atoms with E-state index in [0.717, 1.165) is 29.4 Å². The Bertz CT molecular complexity index is 962. The number of aromatic nitrogens is 1. The summed E-state index contributed by atoms with van der Waals surface area (Å²) >= 11 is 0. The van der Waals surface area contributed by atoms with E-state index in [2.05, 4.69) is 9.88 Å². The van der Waals surface area contributed by atoms with Crippen LogP contribution in [-0.2, 0) is 6.42 Å². The van der Waals surface area contributed by atoms with Gasteiger partial charge in [0.05, 0.1) is 5.56 Å². The van der Waals surface area contributed by atoms with E-state index in [9.17, 15) is 4.79 Å². The number of carbonyl (C=O) groups is 1. The quantitative estimate of drug-likeness (QED) is 0.564. The van der Waals surface area contributed by atoms with Gasteiger partial charge in [0.25, 0.3) is 0 Å². The van der Waals surface area contributed by atoms with Crippen molar-refractivity contribution >= 4 is 16.9 Å². The van der Waals surface area contributed by atoms with E-state index in [4.69, 9.17) is 14.2 Å². The maximum atomic E-state index is 12.6. The molecule has 0 atom stereocenters. The fraction of sp³-hybridized carbons (Fsp3) is 0.250. The van der Waals surface area contributed by atoms with Crippen molar-refractivity contribution < 1.29 is 19.0 Å². The molecule has 1 aliphatic heterocycles. The number of likely N-dealkylation sites (N-methyl/N-ethyl adjacent to an activating group) is 1. The number of fused-ring (bicyclic) bond motifs is 2. The van der Waals surface area contributed by atoms with Gasteiger partial charge in [-0.2, -0.15) is 0 Å². The molecule has 2 heterocycles. The van der Waals surface area contributed by atoms with E-state index in [-0.39, 0.29) is 6.79 Å². The largest absolute Gasteiger partial charge is 0.454 e. The first-order valence-corrected chi connectivity index (χ1v) is 8.47. The van der Waals surface area contributed by atoms with Crippen molar-refractivity contribution in [2.75, 3.05) is 27.4 Å². The van der Waals surface area contributed by atoms with Crippen molar-refractivity contribution in [3.8, 4) is 17.2 Å². The normalized spacial score (nSPS) is 12.7. The average molecular weight is 352 g/mol. The van der Waals surface area contributed by atoms with Gasteiger partial charge in [-0.15, -0.1) is 0 Å². The zero-order chi connectivity index (χ0) is 18.1. The predicted molar refractivity (Wildman–Crippen MR) is 98.1 cm³/mol. The minimum atomic E-state index is -0.421. The minimum Gasteiger partial charge on any atom is -0.454 e. The lowest BCUT2D eigenvalue weighted by Crippen LogP contribution is -2.15. The molecule has 134 valence electrons. The van der Waals surface area contributed by atoms with Crippen LogP contribution in [0.1, 0.15) is 15.9 Å². The molecule has 0 amide bonds. The summed E-state index contributed by atoms with van der Waals surface area (Å²) in [4.78, 5) is 18.0. The molecule has 6 heteroatoms. The lowest BCUT2D eigenvalue weighted by Gasteiger charge is -2.10. The smallest absolute Gasteiger partial charge is 0.343 e. The van der Waals surface area contributed by atoms with E-state index in [1.165, 1.54) is 0 Å². The van der Waals surface area contributed by atoms with Crippen molar-refractivity contribution in [3.63, 3.8) is 0 Å². The van der Waals surface area contributed by atoms with Crippen LogP contribution in [0, 0.1) is 0 Å². The lowest BCUT2D eigenvalue weighted by atomic mass is 10.1. The Morgan fingerprint density at radius 1 is 1.19 bits per heavy atom. The Balaban J connectivity index is 1.62. The van der Waals surface area contributed by atoms with E-state index in [0.29, 0.717) is 22.8 Å². The molecule has 1 aromatic heterocycles. The fourth-order valence-electron chi connectivity index (χ4n) is 3.03. The minimum absolute atomic E-state index is 0.172. The molecule has 0 aliphatic carbocycles. The second kappa shape index (κ2) is 6.72. The van der Waals surface area contributed by atoms with Gasteiger partial charge < -0.3 is 24.1 Å². The Labute approximate surface area is 151 Å². The van der Waals surface area contributed by atoms with Crippen molar-refractivity contribution in [2.24, 2.45) is 0 Å². The molecular weight excluding hydrogens is 332 g/mol. The monoisotopic (exact) mass is 352 g/mol. The van der Waals surface area contributed by atoms with Crippen molar-refractivity contribution in [1.82, 2.24) is 9.88 Å². The highest BCUT2D eigenvalue weighted by atomic mass is 16.7. The highest BCUT2D eigenvalue weighted by Crippen LogP contribution is 2.34. The van der Waals surface area contributed by atoms with Gasteiger partial charge in [0.15, 0.2) is 11.5 Å². The molecule has 26 heavy (non-hydrogen) atoms. The molecule has 1 N–H and O–H groups in total. The number of hydrogen-bond donors (Lipinski definition) is 1. The molecule has 0 unspecified atom stereocenters. The van der Waals surface area contributed by atoms with Gasteiger partial charge in [-0.05, 0) is 56.4 Å². The summed E-state index contributed by atoms with van der Waals surface area (Å²) in [7, 11) is 4.07. The van der Waals surface area contributed by atoms with E-state index in [1.807, 2.05) is 38.5 Å². The molecule has 0 fully saturated rings. The number of nitrogens with one attached hydrogen (secondary N) is 1. The molecule has 0 spiro atoms. The van der Waals surface area contributed by atoms with Gasteiger partial charge >= 0.3 is 5.97 Å². The summed E-state index contributed by atoms with van der Waals surface area (Å²) in [6, 6.07) is 10.7. The van der Waals surface area contributed by atoms with Crippen LogP contribution in [-0.4, -0.2) is 43.3 Å². The molecule has 4 rings (SSSR count). The van der Waals surface area contributed by atoms with Gasteiger partial charge in [0, 0.05) is 23.6 Å². The Kier molecular flexibility index (Phi) is 4.26. The topological polar surface area (TPSA) is 63.8 Å². The van der Waals surface area contributed by atoms with Gasteiger partial charge in [-0.1, -0.05) is 6.07 Å². The van der Waals surface area contributed by atoms with Crippen molar-refractivity contribution in [3.05, 3.63) is 53.7 Å². The summed E-state index contributed by atoms with van der Waals surface area (Å²) in [6.45, 7) is 1.09. The molecule has 3 aromatic rings. The molecule has 0 saturated heterocycles. The van der Waals surface area contributed by atoms with E-state index >= 15 is 0 Å². The zero-order valence-electron chi connectivity index (χ0n) is 14.7. The van der Waals surface area contributed by atoms with Crippen LogP contribution in [0.25, 0.3) is 10.9 Å². The second-order valence-corrected chi connectivity index (χ2v) is 6.50. The number of hydrogen-bond acceptors (Lipinski definition) is 5. The third kappa shape index (κ3) is 3.11. The molecule has 0 radical (unpaired) electrons. The standard InChI is InChI=1S/C20H20N2O4/c1-22(2)9-8-14-11-21-15-4-3-5-17(19(14)15)26-20(23)13-6-7-16-18(10-13)25-12-24-16/h3-7,10-11,21H,8-9,12H2,1-2H3. The third-order valence-corrected chi connectivity index (χ3v) is 4.39. The maximum absolute atomic E-state index is 12.6. The summed E-state index contributed by atoms with van der Waals surface area (Å²) in [5.74, 6) is 1.34. The van der Waals surface area contributed by atoms with Crippen LogP contribution in [0.3, 0.4) is 0 Å². The van der Waals surface area contributed by atoms with Gasteiger partial charge in [0.1, 0.15) is 5.75 Å². The van der Waals surface area contributed by atoms with Crippen LogP contribution in [0.5, 0.6) is 17.2 Å². The van der Waals surface area contributed by atoms with Crippen molar-refractivity contribution in [2.45, 2.75) is 6.42 Å². The number of aromatic amines is 1. The Morgan fingerprint density at radius 3 is 2.88 bits per heavy atom. The Morgan fingerprint density at radius 2 is 2.04 bits per heavy atom. The molecule has 1 aliphatic rings. The number of esters is 1. The fourth-order valence-corrected chi connectivity index (χ4v) is 3.03. The number of benzene rings is 2. The third-order valence-electron chi connectivity index (χ3n) is 4.39. The summed E-state index contributed by atoms with van der Waals surface area (Å²) in [6.07, 6.45) is 2.84. The first kappa shape index (κ1) is 16.5. The molecule has 6 nitrogen and oxygen atoms in total. The first-order chi connectivity index (χ1) is 12.6.